The molecule has 8 nitrogen and oxygen atoms in total. The van der Waals surface area contributed by atoms with Gasteiger partial charge in [-0.3, -0.25) is 9.59 Å². The summed E-state index contributed by atoms with van der Waals surface area (Å²) in [6.07, 6.45) is 1.68. The lowest BCUT2D eigenvalue weighted by molar-refractivity contribution is -0.153. The number of amides is 2. The summed E-state index contributed by atoms with van der Waals surface area (Å²) in [5, 5.41) is 15.6. The van der Waals surface area contributed by atoms with E-state index in [1.54, 1.807) is 20.8 Å². The van der Waals surface area contributed by atoms with Crippen molar-refractivity contribution in [1.82, 2.24) is 15.6 Å². The molecule has 2 aromatic rings. The first-order valence-electron chi connectivity index (χ1n) is 9.46. The van der Waals surface area contributed by atoms with Crippen LogP contribution in [-0.4, -0.2) is 46.2 Å². The molecular weight excluding hydrogens is 374 g/mol. The second-order valence-electron chi connectivity index (χ2n) is 8.55. The Balaban J connectivity index is 2.15. The molecule has 1 aromatic heterocycles. The van der Waals surface area contributed by atoms with Crippen molar-refractivity contribution in [2.24, 2.45) is 5.41 Å². The zero-order chi connectivity index (χ0) is 21.8. The Morgan fingerprint density at radius 2 is 1.79 bits per heavy atom. The number of rotatable bonds is 7. The van der Waals surface area contributed by atoms with Crippen molar-refractivity contribution in [2.75, 3.05) is 6.54 Å². The summed E-state index contributed by atoms with van der Waals surface area (Å²) in [6.45, 7) is 8.02. The highest BCUT2D eigenvalue weighted by Gasteiger charge is 2.36. The lowest BCUT2D eigenvalue weighted by Crippen LogP contribution is -2.50. The number of aromatic nitrogens is 1. The molecule has 158 valence electrons. The van der Waals surface area contributed by atoms with Crippen LogP contribution in [0.1, 0.15) is 40.2 Å². The lowest BCUT2D eigenvalue weighted by atomic mass is 9.92. The molecule has 4 N–H and O–H groups in total. The number of H-pyrrole nitrogens is 1. The largest absolute Gasteiger partial charge is 0.480 e. The average Bonchev–Trinajstić information content (AvgIpc) is 3.00. The Bertz CT molecular complexity index is 895. The Labute approximate surface area is 170 Å². The highest BCUT2D eigenvalue weighted by molar-refractivity contribution is 6.01. The number of hydrogen-bond acceptors (Lipinski definition) is 4. The highest BCUT2D eigenvalue weighted by atomic mass is 16.6. The van der Waals surface area contributed by atoms with Gasteiger partial charge in [-0.25, -0.2) is 4.79 Å². The quantitative estimate of drug-likeness (QED) is 0.530. The predicted molar refractivity (Wildman–Crippen MR) is 110 cm³/mol. The van der Waals surface area contributed by atoms with Gasteiger partial charge in [0.15, 0.2) is 0 Å². The first kappa shape index (κ1) is 22.3. The van der Waals surface area contributed by atoms with E-state index < -0.39 is 35.0 Å². The van der Waals surface area contributed by atoms with E-state index in [0.717, 1.165) is 16.5 Å². The topological polar surface area (TPSA) is 121 Å². The number of fused-ring (bicyclic) bond motifs is 1. The van der Waals surface area contributed by atoms with Gasteiger partial charge in [0.25, 0.3) is 0 Å². The van der Waals surface area contributed by atoms with E-state index in [2.05, 4.69) is 15.6 Å². The van der Waals surface area contributed by atoms with Crippen molar-refractivity contribution in [1.29, 1.82) is 0 Å². The average molecular weight is 403 g/mol. The number of aromatic amines is 1. The number of benzene rings is 1. The summed E-state index contributed by atoms with van der Waals surface area (Å²) in [7, 11) is 0. The van der Waals surface area contributed by atoms with Gasteiger partial charge in [0.05, 0.1) is 6.04 Å². The first-order chi connectivity index (χ1) is 13.4. The molecule has 0 aliphatic carbocycles. The third kappa shape index (κ3) is 5.97. The van der Waals surface area contributed by atoms with E-state index in [1.165, 1.54) is 13.8 Å². The molecule has 1 atom stereocenters. The fourth-order valence-corrected chi connectivity index (χ4v) is 2.75. The monoisotopic (exact) mass is 403 g/mol. The molecule has 8 heteroatoms. The van der Waals surface area contributed by atoms with Crippen molar-refractivity contribution < 1.29 is 24.2 Å². The second kappa shape index (κ2) is 8.55. The van der Waals surface area contributed by atoms with Crippen molar-refractivity contribution in [3.05, 3.63) is 36.0 Å². The number of carboxylic acids is 1. The van der Waals surface area contributed by atoms with Crippen molar-refractivity contribution in [2.45, 2.75) is 52.7 Å². The van der Waals surface area contributed by atoms with Gasteiger partial charge in [0.2, 0.25) is 5.91 Å². The van der Waals surface area contributed by atoms with Crippen LogP contribution in [0, 0.1) is 5.41 Å². The molecule has 0 aliphatic heterocycles. The first-order valence-corrected chi connectivity index (χ1v) is 9.46. The second-order valence-corrected chi connectivity index (χ2v) is 8.55. The van der Waals surface area contributed by atoms with Crippen molar-refractivity contribution in [3.8, 4) is 0 Å². The molecule has 1 heterocycles. The summed E-state index contributed by atoms with van der Waals surface area (Å²) >= 11 is 0. The molecule has 0 radical (unpaired) electrons. The lowest BCUT2D eigenvalue weighted by Gasteiger charge is -2.25. The van der Waals surface area contributed by atoms with Gasteiger partial charge >= 0.3 is 12.1 Å². The number of carbonyl (C=O) groups excluding carboxylic acids is 2. The Hall–Kier alpha value is -3.03. The van der Waals surface area contributed by atoms with E-state index in [-0.39, 0.29) is 6.54 Å². The van der Waals surface area contributed by atoms with Crippen LogP contribution in [0.2, 0.25) is 0 Å². The third-order valence-corrected chi connectivity index (χ3v) is 4.47. The van der Waals surface area contributed by atoms with E-state index in [9.17, 15) is 19.5 Å². The maximum Gasteiger partial charge on any atom is 0.407 e. The van der Waals surface area contributed by atoms with Gasteiger partial charge in [0.1, 0.15) is 11.0 Å². The Morgan fingerprint density at radius 3 is 2.41 bits per heavy atom. The smallest absolute Gasteiger partial charge is 0.407 e. The normalized spacial score (nSPS) is 13.0. The number of nitrogens with one attached hydrogen (secondary N) is 3. The van der Waals surface area contributed by atoms with Crippen LogP contribution in [-0.2, 0) is 20.7 Å². The fourth-order valence-electron chi connectivity index (χ4n) is 2.75. The number of alkyl carbamates (subject to hydrolysis) is 1. The molecule has 0 bridgehead atoms. The molecule has 0 fully saturated rings. The molecule has 2 rings (SSSR count). The van der Waals surface area contributed by atoms with E-state index in [0.29, 0.717) is 6.42 Å². The summed E-state index contributed by atoms with van der Waals surface area (Å²) in [5.74, 6) is -1.84. The molecule has 0 saturated heterocycles. The van der Waals surface area contributed by atoms with E-state index >= 15 is 0 Å². The van der Waals surface area contributed by atoms with Gasteiger partial charge in [-0.1, -0.05) is 18.2 Å². The summed E-state index contributed by atoms with van der Waals surface area (Å²) < 4.78 is 5.32. The van der Waals surface area contributed by atoms with Crippen LogP contribution in [0.15, 0.2) is 30.5 Å². The number of aliphatic carboxylic acids is 1. The zero-order valence-electron chi connectivity index (χ0n) is 17.5. The van der Waals surface area contributed by atoms with Crippen LogP contribution >= 0.6 is 0 Å². The van der Waals surface area contributed by atoms with Gasteiger partial charge < -0.3 is 25.5 Å². The van der Waals surface area contributed by atoms with E-state index in [4.69, 9.17) is 4.74 Å². The molecule has 29 heavy (non-hydrogen) atoms. The summed E-state index contributed by atoms with van der Waals surface area (Å²) in [4.78, 5) is 39.0. The van der Waals surface area contributed by atoms with E-state index in [1.807, 2.05) is 30.5 Å². The van der Waals surface area contributed by atoms with Crippen LogP contribution < -0.4 is 10.6 Å². The fraction of sp³-hybridized carbons (Fsp3) is 0.476. The van der Waals surface area contributed by atoms with Gasteiger partial charge in [-0.15, -0.1) is 0 Å². The van der Waals surface area contributed by atoms with Crippen molar-refractivity contribution in [3.63, 3.8) is 0 Å². The number of para-hydroxylation sites is 1. The third-order valence-electron chi connectivity index (χ3n) is 4.47. The molecule has 1 aromatic carbocycles. The molecular formula is C21H29N3O5. The number of carbonyl (C=O) groups is 3. The molecule has 0 spiro atoms. The number of hydrogen-bond donors (Lipinski definition) is 4. The van der Waals surface area contributed by atoms with Gasteiger partial charge in [-0.2, -0.15) is 0 Å². The van der Waals surface area contributed by atoms with Crippen LogP contribution in [0.4, 0.5) is 4.79 Å². The van der Waals surface area contributed by atoms with Crippen LogP contribution in [0.5, 0.6) is 0 Å². The molecule has 0 saturated carbocycles. The standard InChI is InChI=1S/C21H29N3O5/c1-20(2,3)29-19(28)24-14(12-23-17(25)21(4,5)18(26)27)10-13-11-22-16-9-7-6-8-15(13)16/h6-9,11,14,22H,10,12H2,1-5H3,(H,23,25)(H,24,28)(H,26,27). The minimum absolute atomic E-state index is 0.0638. The van der Waals surface area contributed by atoms with Crippen LogP contribution in [0.25, 0.3) is 10.9 Å². The highest BCUT2D eigenvalue weighted by Crippen LogP contribution is 2.20. The minimum atomic E-state index is -1.57. The summed E-state index contributed by atoms with van der Waals surface area (Å²) in [5.41, 5.74) is -0.302. The minimum Gasteiger partial charge on any atom is -0.480 e. The Morgan fingerprint density at radius 1 is 1.14 bits per heavy atom. The van der Waals surface area contributed by atoms with Crippen LogP contribution in [0.3, 0.4) is 0 Å². The maximum atomic E-state index is 12.3. The predicted octanol–water partition coefficient (Wildman–Crippen LogP) is 2.83. The molecule has 1 unspecified atom stereocenters. The maximum absolute atomic E-state index is 12.3. The Kier molecular flexibility index (Phi) is 6.56. The number of carboxylic acid groups (broad SMARTS) is 1. The SMILES string of the molecule is CC(C)(C)OC(=O)NC(CNC(=O)C(C)(C)C(=O)O)Cc1c[nH]c2ccccc12. The number of ether oxygens (including phenoxy) is 1. The molecule has 2 amide bonds. The van der Waals surface area contributed by atoms with Gasteiger partial charge in [0, 0.05) is 23.6 Å². The summed E-state index contributed by atoms with van der Waals surface area (Å²) in [6, 6.07) is 7.28. The zero-order valence-corrected chi connectivity index (χ0v) is 17.5. The molecule has 0 aliphatic rings. The van der Waals surface area contributed by atoms with Gasteiger partial charge in [-0.05, 0) is 52.7 Å². The van der Waals surface area contributed by atoms with Crippen molar-refractivity contribution >= 4 is 28.9 Å².